The van der Waals surface area contributed by atoms with Crippen molar-refractivity contribution in [2.24, 2.45) is 5.73 Å². The molecule has 0 saturated carbocycles. The van der Waals surface area contributed by atoms with Crippen LogP contribution >= 0.6 is 0 Å². The highest BCUT2D eigenvalue weighted by Gasteiger charge is 2.18. The summed E-state index contributed by atoms with van der Waals surface area (Å²) >= 11 is 0. The molecule has 2 heterocycles. The van der Waals surface area contributed by atoms with Crippen molar-refractivity contribution in [2.75, 3.05) is 0 Å². The molecule has 3 aromatic rings. The standard InChI is InChI=1S/C20H25N5O/c1-20(2,3)24-11-10-16(14-24)19-22-18(13-17(21)26)23-25(19)12-9-15-7-5-4-6-8-15/h4-8,10-11,14H,9,12-13H2,1-3H3,(H2,21,26). The topological polar surface area (TPSA) is 78.7 Å². The molecular weight excluding hydrogens is 326 g/mol. The van der Waals surface area contributed by atoms with Crippen LogP contribution in [0.4, 0.5) is 0 Å². The zero-order valence-corrected chi connectivity index (χ0v) is 15.5. The van der Waals surface area contributed by atoms with Gasteiger partial charge in [0.15, 0.2) is 11.6 Å². The molecule has 3 rings (SSSR count). The number of aromatic nitrogens is 4. The van der Waals surface area contributed by atoms with E-state index in [0.29, 0.717) is 12.4 Å². The number of hydrogen-bond donors (Lipinski definition) is 1. The molecule has 0 aliphatic rings. The quantitative estimate of drug-likeness (QED) is 0.742. The summed E-state index contributed by atoms with van der Waals surface area (Å²) in [6.07, 6.45) is 4.99. The van der Waals surface area contributed by atoms with Crippen molar-refractivity contribution in [1.29, 1.82) is 0 Å². The average Bonchev–Trinajstić information content (AvgIpc) is 3.19. The van der Waals surface area contributed by atoms with Crippen LogP contribution in [0.2, 0.25) is 0 Å². The number of aryl methyl sites for hydroxylation is 2. The molecular formula is C20H25N5O. The number of hydrogen-bond acceptors (Lipinski definition) is 3. The van der Waals surface area contributed by atoms with Crippen LogP contribution in [0, 0.1) is 0 Å². The summed E-state index contributed by atoms with van der Waals surface area (Å²) in [7, 11) is 0. The molecule has 0 spiro atoms. The molecule has 1 aromatic carbocycles. The molecule has 6 heteroatoms. The normalized spacial score (nSPS) is 11.7. The molecule has 2 aromatic heterocycles. The van der Waals surface area contributed by atoms with Gasteiger partial charge in [0.1, 0.15) is 0 Å². The third-order valence-electron chi connectivity index (χ3n) is 4.23. The van der Waals surface area contributed by atoms with Crippen LogP contribution in [-0.2, 0) is 29.7 Å². The Morgan fingerprint density at radius 2 is 1.88 bits per heavy atom. The molecule has 0 atom stereocenters. The highest BCUT2D eigenvalue weighted by molar-refractivity contribution is 5.75. The molecule has 0 aliphatic heterocycles. The number of amides is 1. The number of carbonyl (C=O) groups is 1. The SMILES string of the molecule is CC(C)(C)n1ccc(-c2nc(CC(N)=O)nn2CCc2ccccc2)c1. The second kappa shape index (κ2) is 7.15. The first kappa shape index (κ1) is 17.9. The van der Waals surface area contributed by atoms with Crippen LogP contribution < -0.4 is 5.73 Å². The van der Waals surface area contributed by atoms with Crippen molar-refractivity contribution in [3.8, 4) is 11.4 Å². The van der Waals surface area contributed by atoms with E-state index in [1.165, 1.54) is 5.56 Å². The van der Waals surface area contributed by atoms with Crippen LogP contribution in [0.1, 0.15) is 32.2 Å². The predicted octanol–water partition coefficient (Wildman–Crippen LogP) is 2.77. The molecule has 0 bridgehead atoms. The molecule has 0 unspecified atom stereocenters. The minimum Gasteiger partial charge on any atom is -0.369 e. The lowest BCUT2D eigenvalue weighted by Gasteiger charge is -2.20. The Morgan fingerprint density at radius 3 is 2.50 bits per heavy atom. The fourth-order valence-corrected chi connectivity index (χ4v) is 2.81. The predicted molar refractivity (Wildman–Crippen MR) is 101 cm³/mol. The first-order valence-corrected chi connectivity index (χ1v) is 8.78. The van der Waals surface area contributed by atoms with E-state index >= 15 is 0 Å². The first-order chi connectivity index (χ1) is 12.3. The molecule has 26 heavy (non-hydrogen) atoms. The molecule has 2 N–H and O–H groups in total. The number of nitrogens with two attached hydrogens (primary N) is 1. The molecule has 1 amide bonds. The van der Waals surface area contributed by atoms with Crippen molar-refractivity contribution in [3.63, 3.8) is 0 Å². The Labute approximate surface area is 153 Å². The highest BCUT2D eigenvalue weighted by Crippen LogP contribution is 2.23. The smallest absolute Gasteiger partial charge is 0.225 e. The van der Waals surface area contributed by atoms with E-state index < -0.39 is 5.91 Å². The monoisotopic (exact) mass is 351 g/mol. The lowest BCUT2D eigenvalue weighted by molar-refractivity contribution is -0.117. The number of benzene rings is 1. The zero-order valence-electron chi connectivity index (χ0n) is 15.5. The van der Waals surface area contributed by atoms with Crippen molar-refractivity contribution in [3.05, 3.63) is 60.2 Å². The van der Waals surface area contributed by atoms with Crippen molar-refractivity contribution in [2.45, 2.75) is 45.7 Å². The maximum Gasteiger partial charge on any atom is 0.225 e. The summed E-state index contributed by atoms with van der Waals surface area (Å²) < 4.78 is 4.01. The zero-order chi connectivity index (χ0) is 18.7. The van der Waals surface area contributed by atoms with E-state index in [0.717, 1.165) is 17.8 Å². The van der Waals surface area contributed by atoms with Crippen LogP contribution in [0.3, 0.4) is 0 Å². The van der Waals surface area contributed by atoms with E-state index in [2.05, 4.69) is 53.8 Å². The summed E-state index contributed by atoms with van der Waals surface area (Å²) in [4.78, 5) is 15.8. The van der Waals surface area contributed by atoms with Crippen LogP contribution in [-0.4, -0.2) is 25.2 Å². The Hall–Kier alpha value is -2.89. The number of primary amides is 1. The molecule has 0 saturated heterocycles. The largest absolute Gasteiger partial charge is 0.369 e. The van der Waals surface area contributed by atoms with Gasteiger partial charge in [0, 0.05) is 30.0 Å². The highest BCUT2D eigenvalue weighted by atomic mass is 16.1. The summed E-state index contributed by atoms with van der Waals surface area (Å²) in [6, 6.07) is 12.3. The molecule has 6 nitrogen and oxygen atoms in total. The Bertz CT molecular complexity index is 887. The molecule has 0 fully saturated rings. The van der Waals surface area contributed by atoms with Gasteiger partial charge in [0.25, 0.3) is 0 Å². The molecule has 0 aliphatic carbocycles. The second-order valence-corrected chi connectivity index (χ2v) is 7.43. The number of rotatable bonds is 6. The summed E-state index contributed by atoms with van der Waals surface area (Å²) in [6.45, 7) is 7.13. The van der Waals surface area contributed by atoms with Gasteiger partial charge in [-0.05, 0) is 38.8 Å². The van der Waals surface area contributed by atoms with E-state index in [4.69, 9.17) is 5.73 Å². The van der Waals surface area contributed by atoms with Gasteiger partial charge in [-0.1, -0.05) is 30.3 Å². The van der Waals surface area contributed by atoms with Crippen LogP contribution in [0.15, 0.2) is 48.8 Å². The Balaban J connectivity index is 1.90. The lowest BCUT2D eigenvalue weighted by Crippen LogP contribution is -2.19. The Morgan fingerprint density at radius 1 is 1.15 bits per heavy atom. The first-order valence-electron chi connectivity index (χ1n) is 8.78. The minimum absolute atomic E-state index is 0.0107. The third kappa shape index (κ3) is 4.20. The van der Waals surface area contributed by atoms with E-state index in [1.807, 2.05) is 35.1 Å². The molecule has 136 valence electrons. The van der Waals surface area contributed by atoms with E-state index in [9.17, 15) is 4.79 Å². The van der Waals surface area contributed by atoms with E-state index in [-0.39, 0.29) is 12.0 Å². The second-order valence-electron chi connectivity index (χ2n) is 7.43. The van der Waals surface area contributed by atoms with Gasteiger partial charge >= 0.3 is 0 Å². The van der Waals surface area contributed by atoms with Crippen molar-refractivity contribution in [1.82, 2.24) is 19.3 Å². The van der Waals surface area contributed by atoms with Gasteiger partial charge in [-0.3, -0.25) is 4.79 Å². The summed E-state index contributed by atoms with van der Waals surface area (Å²) in [5.74, 6) is 0.799. The van der Waals surface area contributed by atoms with Gasteiger partial charge in [-0.25, -0.2) is 9.67 Å². The fourth-order valence-electron chi connectivity index (χ4n) is 2.81. The maximum absolute atomic E-state index is 11.3. The van der Waals surface area contributed by atoms with E-state index in [1.54, 1.807) is 0 Å². The summed E-state index contributed by atoms with van der Waals surface area (Å²) in [5, 5.41) is 4.51. The van der Waals surface area contributed by atoms with Crippen molar-refractivity contribution < 1.29 is 4.79 Å². The number of nitrogens with zero attached hydrogens (tertiary/aromatic N) is 4. The maximum atomic E-state index is 11.3. The van der Waals surface area contributed by atoms with Gasteiger partial charge in [-0.15, -0.1) is 0 Å². The minimum atomic E-state index is -0.427. The Kier molecular flexibility index (Phi) is 4.93. The average molecular weight is 351 g/mol. The summed E-state index contributed by atoms with van der Waals surface area (Å²) in [5.41, 5.74) is 7.52. The van der Waals surface area contributed by atoms with Gasteiger partial charge in [0.2, 0.25) is 5.91 Å². The third-order valence-corrected chi connectivity index (χ3v) is 4.23. The number of carbonyl (C=O) groups excluding carboxylic acids is 1. The van der Waals surface area contributed by atoms with Crippen LogP contribution in [0.25, 0.3) is 11.4 Å². The molecule has 0 radical (unpaired) electrons. The van der Waals surface area contributed by atoms with Crippen molar-refractivity contribution >= 4 is 5.91 Å². The van der Waals surface area contributed by atoms with Gasteiger partial charge in [0.05, 0.1) is 6.42 Å². The van der Waals surface area contributed by atoms with Gasteiger partial charge in [-0.2, -0.15) is 5.10 Å². The van der Waals surface area contributed by atoms with Gasteiger partial charge < -0.3 is 10.3 Å². The fraction of sp³-hybridized carbons (Fsp3) is 0.350. The lowest BCUT2D eigenvalue weighted by atomic mass is 10.1. The van der Waals surface area contributed by atoms with Crippen LogP contribution in [0.5, 0.6) is 0 Å².